The van der Waals surface area contributed by atoms with Gasteiger partial charge in [-0.3, -0.25) is 9.36 Å². The molecule has 2 aromatic heterocycles. The highest BCUT2D eigenvalue weighted by atomic mass is 32.5. The number of hydrogen-bond acceptors (Lipinski definition) is 12. The van der Waals surface area contributed by atoms with E-state index in [1.165, 1.54) is 17.8 Å². The van der Waals surface area contributed by atoms with Crippen LogP contribution in [0.1, 0.15) is 33.9 Å². The first-order valence-corrected chi connectivity index (χ1v) is 15.2. The number of para-hydroxylation sites is 1. The summed E-state index contributed by atoms with van der Waals surface area (Å²) in [5.74, 6) is 0.154. The summed E-state index contributed by atoms with van der Waals surface area (Å²) < 4.78 is 40.5. The monoisotopic (exact) mass is 597 g/mol. The van der Waals surface area contributed by atoms with Gasteiger partial charge in [0.25, 0.3) is 0 Å². The van der Waals surface area contributed by atoms with Crippen molar-refractivity contribution >= 4 is 47.3 Å². The van der Waals surface area contributed by atoms with E-state index in [1.807, 2.05) is 0 Å². The molecule has 5 N–H and O–H groups in total. The van der Waals surface area contributed by atoms with Crippen LogP contribution < -0.4 is 20.7 Å². The maximum Gasteiger partial charge on any atom is 0.323 e. The average Bonchev–Trinajstić information content (AvgIpc) is 3.40. The van der Waals surface area contributed by atoms with Gasteiger partial charge in [-0.15, -0.1) is 0 Å². The maximum atomic E-state index is 16.0. The van der Waals surface area contributed by atoms with Crippen LogP contribution in [-0.2, 0) is 30.6 Å². The Hall–Kier alpha value is -2.94. The Morgan fingerprint density at radius 3 is 2.67 bits per heavy atom. The van der Waals surface area contributed by atoms with Crippen LogP contribution in [0.2, 0.25) is 0 Å². The Kier molecular flexibility index (Phi) is 8.93. The highest BCUT2D eigenvalue weighted by Gasteiger charge is 2.56. The van der Waals surface area contributed by atoms with Crippen molar-refractivity contribution in [1.29, 1.82) is 0 Å². The number of carbonyl (C=O) groups is 1. The molecule has 1 aliphatic rings. The van der Waals surface area contributed by atoms with E-state index in [2.05, 4.69) is 25.4 Å². The molecule has 0 radical (unpaired) electrons. The fourth-order valence-electron chi connectivity index (χ4n) is 4.14. The highest BCUT2D eigenvalue weighted by molar-refractivity contribution is 8.09. The summed E-state index contributed by atoms with van der Waals surface area (Å²) in [6, 6.07) is 7.77. The van der Waals surface area contributed by atoms with E-state index >= 15 is 4.39 Å². The second kappa shape index (κ2) is 11.9. The lowest BCUT2D eigenvalue weighted by atomic mass is 9.98. The number of aromatic nitrogens is 4. The number of fused-ring (bicyclic) bond motifs is 1. The van der Waals surface area contributed by atoms with Gasteiger partial charge in [0.05, 0.1) is 19.0 Å². The molecule has 1 aromatic carbocycles. The van der Waals surface area contributed by atoms with Gasteiger partial charge in [0.1, 0.15) is 24.0 Å². The van der Waals surface area contributed by atoms with Crippen LogP contribution in [0, 0.1) is 0 Å². The minimum absolute atomic E-state index is 0.0486. The van der Waals surface area contributed by atoms with E-state index in [0.29, 0.717) is 17.1 Å². The van der Waals surface area contributed by atoms with Crippen LogP contribution in [0.4, 0.5) is 16.2 Å². The van der Waals surface area contributed by atoms with Crippen molar-refractivity contribution in [3.05, 3.63) is 36.7 Å². The van der Waals surface area contributed by atoms with E-state index in [-0.39, 0.29) is 24.3 Å². The van der Waals surface area contributed by atoms with E-state index in [9.17, 15) is 9.90 Å². The predicted octanol–water partition coefficient (Wildman–Crippen LogP) is 2.69. The van der Waals surface area contributed by atoms with Crippen LogP contribution in [0.15, 0.2) is 36.7 Å². The van der Waals surface area contributed by atoms with Crippen molar-refractivity contribution in [2.24, 2.45) is 0 Å². The smallest absolute Gasteiger partial charge is 0.323 e. The molecule has 40 heavy (non-hydrogen) atoms. The minimum atomic E-state index is -3.45. The summed E-state index contributed by atoms with van der Waals surface area (Å²) in [6.45, 7) is 2.42. The van der Waals surface area contributed by atoms with E-state index in [4.69, 9.17) is 36.1 Å². The first-order chi connectivity index (χ1) is 18.8. The molecule has 3 heterocycles. The number of halogens is 1. The number of carbonyl (C=O) groups excluding carboxylic acids is 1. The van der Waals surface area contributed by atoms with Crippen LogP contribution in [0.3, 0.4) is 0 Å². The second-order valence-corrected chi connectivity index (χ2v) is 12.8. The van der Waals surface area contributed by atoms with E-state index in [1.54, 1.807) is 58.2 Å². The van der Waals surface area contributed by atoms with Crippen LogP contribution in [0.5, 0.6) is 5.75 Å². The number of benzene rings is 1. The lowest BCUT2D eigenvalue weighted by Crippen LogP contribution is -2.41. The van der Waals surface area contributed by atoms with Crippen LogP contribution >= 0.6 is 6.64 Å². The van der Waals surface area contributed by atoms with Gasteiger partial charge in [-0.25, -0.2) is 14.5 Å². The molecule has 13 nitrogen and oxygen atoms in total. The molecule has 16 heteroatoms. The third-order valence-electron chi connectivity index (χ3n) is 6.08. The lowest BCUT2D eigenvalue weighted by Gasteiger charge is -2.28. The first-order valence-electron chi connectivity index (χ1n) is 12.5. The first kappa shape index (κ1) is 30.0. The van der Waals surface area contributed by atoms with Crippen molar-refractivity contribution in [1.82, 2.24) is 24.6 Å². The Morgan fingerprint density at radius 1 is 1.32 bits per heavy atom. The van der Waals surface area contributed by atoms with Crippen molar-refractivity contribution in [2.45, 2.75) is 63.9 Å². The van der Waals surface area contributed by atoms with Gasteiger partial charge in [0, 0.05) is 7.05 Å². The SMILES string of the molecule is CNc1nc(N)nc2c1ncn2[C@@H]1O[C@H](CO[P@@](=S)(N[C@H](C)C(=O)OC(C)C)Oc2ccccc2)[C@@H](O)[C@@]1(C)F. The normalized spacial score (nSPS) is 25.1. The molecule has 218 valence electrons. The lowest BCUT2D eigenvalue weighted by molar-refractivity contribution is -0.149. The molecule has 6 atom stereocenters. The van der Waals surface area contributed by atoms with Gasteiger partial charge >= 0.3 is 12.6 Å². The van der Waals surface area contributed by atoms with Gasteiger partial charge in [0.2, 0.25) is 5.95 Å². The molecule has 0 spiro atoms. The van der Waals surface area contributed by atoms with Gasteiger partial charge in [-0.1, -0.05) is 18.2 Å². The molecule has 1 aliphatic heterocycles. The molecule has 0 amide bonds. The standard InChI is InChI=1S/C24H33FN7O6PS/c1-13(2)36-21(34)14(3)31-39(40,38-15-9-7-6-8-10-15)35-11-16-18(33)24(4,25)22(37-16)32-12-28-17-19(27-5)29-23(26)30-20(17)32/h6-10,12-14,16,18,22,33H,11H2,1-5H3,(H,31,40)(H3,26,27,29,30)/t14-,16-,18-,22-,24-,39+/m1/s1. The number of nitrogens with zero attached hydrogens (tertiary/aromatic N) is 4. The zero-order valence-electron chi connectivity index (χ0n) is 22.6. The number of anilines is 2. The summed E-state index contributed by atoms with van der Waals surface area (Å²) >= 11 is 5.70. The largest absolute Gasteiger partial charge is 0.462 e. The second-order valence-electron chi connectivity index (χ2n) is 9.66. The predicted molar refractivity (Wildman–Crippen MR) is 150 cm³/mol. The Bertz CT molecular complexity index is 1390. The summed E-state index contributed by atoms with van der Waals surface area (Å²) in [7, 11) is 1.64. The van der Waals surface area contributed by atoms with Crippen molar-refractivity contribution < 1.29 is 32.8 Å². The number of nitrogen functional groups attached to an aromatic ring is 1. The third-order valence-corrected chi connectivity index (χ3v) is 8.58. The molecule has 3 aromatic rings. The fraction of sp³-hybridized carbons (Fsp3) is 0.500. The number of nitrogens with one attached hydrogen (secondary N) is 2. The van der Waals surface area contributed by atoms with E-state index < -0.39 is 42.8 Å². The Labute approximate surface area is 235 Å². The topological polar surface area (TPSA) is 168 Å². The summed E-state index contributed by atoms with van der Waals surface area (Å²) in [5.41, 5.74) is 4.11. The molecule has 1 saturated heterocycles. The molecular formula is C24H33FN7O6PS. The Balaban J connectivity index is 1.56. The minimum Gasteiger partial charge on any atom is -0.462 e. The zero-order chi connectivity index (χ0) is 29.2. The van der Waals surface area contributed by atoms with Crippen LogP contribution in [-0.4, -0.2) is 74.3 Å². The zero-order valence-corrected chi connectivity index (χ0v) is 24.4. The van der Waals surface area contributed by atoms with E-state index in [0.717, 1.165) is 0 Å². The quantitative estimate of drug-likeness (QED) is 0.188. The van der Waals surface area contributed by atoms with Crippen molar-refractivity contribution in [3.8, 4) is 5.75 Å². The molecule has 0 aliphatic carbocycles. The number of imidazole rings is 1. The number of ether oxygens (including phenoxy) is 2. The number of nitrogens with two attached hydrogens (primary N) is 1. The number of alkyl halides is 1. The molecule has 0 bridgehead atoms. The molecule has 1 fully saturated rings. The number of hydrogen-bond donors (Lipinski definition) is 4. The number of aliphatic hydroxyl groups excluding tert-OH is 1. The number of aliphatic hydroxyl groups is 1. The fourth-order valence-corrected chi connectivity index (χ4v) is 6.55. The maximum absolute atomic E-state index is 16.0. The highest BCUT2D eigenvalue weighted by Crippen LogP contribution is 2.48. The van der Waals surface area contributed by atoms with Crippen molar-refractivity contribution in [2.75, 3.05) is 24.7 Å². The number of rotatable bonds is 11. The summed E-state index contributed by atoms with van der Waals surface area (Å²) in [4.78, 5) is 25.0. The third kappa shape index (κ3) is 6.35. The molecule has 4 rings (SSSR count). The van der Waals surface area contributed by atoms with Gasteiger partial charge in [-0.05, 0) is 51.6 Å². The summed E-state index contributed by atoms with van der Waals surface area (Å²) in [6.07, 6.45) is -3.12. The van der Waals surface area contributed by atoms with Gasteiger partial charge in [-0.2, -0.15) is 9.97 Å². The molecule has 0 saturated carbocycles. The Morgan fingerprint density at radius 2 is 2.02 bits per heavy atom. The van der Waals surface area contributed by atoms with Crippen LogP contribution in [0.25, 0.3) is 11.2 Å². The average molecular weight is 598 g/mol. The summed E-state index contributed by atoms with van der Waals surface area (Å²) in [5, 5.41) is 16.7. The van der Waals surface area contributed by atoms with Gasteiger partial charge in [0.15, 0.2) is 28.9 Å². The molecule has 0 unspecified atom stereocenters. The van der Waals surface area contributed by atoms with Crippen molar-refractivity contribution in [3.63, 3.8) is 0 Å². The molecular weight excluding hydrogens is 564 g/mol. The number of esters is 1. The van der Waals surface area contributed by atoms with Gasteiger partial charge < -0.3 is 34.7 Å².